The van der Waals surface area contributed by atoms with Gasteiger partial charge in [-0.3, -0.25) is 0 Å². The lowest BCUT2D eigenvalue weighted by Crippen LogP contribution is -2.44. The van der Waals surface area contributed by atoms with Gasteiger partial charge in [0.15, 0.2) is 0 Å². The van der Waals surface area contributed by atoms with Gasteiger partial charge in [0.2, 0.25) is 5.95 Å². The van der Waals surface area contributed by atoms with Crippen molar-refractivity contribution in [2.45, 2.75) is 43.6 Å². The Bertz CT molecular complexity index is 1000. The zero-order valence-corrected chi connectivity index (χ0v) is 16.2. The van der Waals surface area contributed by atoms with E-state index in [9.17, 15) is 13.2 Å². The van der Waals surface area contributed by atoms with E-state index in [4.69, 9.17) is 10.7 Å². The molecule has 5 fully saturated rings. The third-order valence-electron chi connectivity index (χ3n) is 6.93. The number of nitrogens with two attached hydrogens (primary N) is 1. The minimum Gasteiger partial charge on any atom is -0.383 e. The van der Waals surface area contributed by atoms with E-state index in [2.05, 4.69) is 25.1 Å². The highest BCUT2D eigenvalue weighted by Crippen LogP contribution is 2.43. The SMILES string of the molecule is Nc1ncc(-c2cc(N3CC4CC3CN4)nc(N3CC4CC3C4)n2)cc1C(F)(F)F. The number of halogens is 3. The zero-order chi connectivity index (χ0) is 20.6. The number of hydrogen-bond donors (Lipinski definition) is 2. The van der Waals surface area contributed by atoms with Gasteiger partial charge in [0, 0.05) is 55.6 Å². The van der Waals surface area contributed by atoms with E-state index < -0.39 is 17.6 Å². The molecule has 1 saturated carbocycles. The van der Waals surface area contributed by atoms with Gasteiger partial charge in [0.1, 0.15) is 11.6 Å². The van der Waals surface area contributed by atoms with Crippen molar-refractivity contribution in [1.82, 2.24) is 20.3 Å². The summed E-state index contributed by atoms with van der Waals surface area (Å²) in [6, 6.07) is 4.06. The van der Waals surface area contributed by atoms with Crippen molar-refractivity contribution in [3.8, 4) is 11.3 Å². The second-order valence-electron chi connectivity index (χ2n) is 8.86. The molecule has 2 aromatic rings. The minimum atomic E-state index is -4.57. The average molecular weight is 417 g/mol. The largest absolute Gasteiger partial charge is 0.419 e. The Kier molecular flexibility index (Phi) is 3.75. The number of aromatic nitrogens is 3. The number of nitrogens with zero attached hydrogens (tertiary/aromatic N) is 5. The van der Waals surface area contributed by atoms with Crippen molar-refractivity contribution in [3.05, 3.63) is 23.9 Å². The fourth-order valence-corrected chi connectivity index (χ4v) is 5.31. The smallest absolute Gasteiger partial charge is 0.383 e. The van der Waals surface area contributed by atoms with E-state index in [1.807, 2.05) is 0 Å². The van der Waals surface area contributed by atoms with Crippen LogP contribution >= 0.6 is 0 Å². The number of pyridine rings is 1. The van der Waals surface area contributed by atoms with Gasteiger partial charge in [-0.15, -0.1) is 0 Å². The topological polar surface area (TPSA) is 83.2 Å². The zero-order valence-electron chi connectivity index (χ0n) is 16.2. The van der Waals surface area contributed by atoms with E-state index in [-0.39, 0.29) is 0 Å². The molecule has 2 unspecified atom stereocenters. The highest BCUT2D eigenvalue weighted by atomic mass is 19.4. The summed E-state index contributed by atoms with van der Waals surface area (Å²) in [5.74, 6) is 1.53. The van der Waals surface area contributed by atoms with Crippen LogP contribution in [0.5, 0.6) is 0 Å². The van der Waals surface area contributed by atoms with Crippen molar-refractivity contribution >= 4 is 17.6 Å². The quantitative estimate of drug-likeness (QED) is 0.793. The summed E-state index contributed by atoms with van der Waals surface area (Å²) in [6.07, 6.45) is 0.139. The second kappa shape index (κ2) is 6.19. The third kappa shape index (κ3) is 2.80. The number of alkyl halides is 3. The summed E-state index contributed by atoms with van der Waals surface area (Å²) in [6.45, 7) is 2.66. The van der Waals surface area contributed by atoms with Gasteiger partial charge in [-0.05, 0) is 31.2 Å². The van der Waals surface area contributed by atoms with Crippen molar-refractivity contribution in [2.24, 2.45) is 5.92 Å². The van der Waals surface area contributed by atoms with Crippen molar-refractivity contribution < 1.29 is 13.2 Å². The second-order valence-corrected chi connectivity index (χ2v) is 8.86. The lowest BCUT2D eigenvalue weighted by atomic mass is 9.86. The summed E-state index contributed by atoms with van der Waals surface area (Å²) >= 11 is 0. The molecule has 2 atom stereocenters. The van der Waals surface area contributed by atoms with Crippen molar-refractivity contribution in [3.63, 3.8) is 0 Å². The Balaban J connectivity index is 1.44. The van der Waals surface area contributed by atoms with Crippen LogP contribution in [0.1, 0.15) is 24.8 Å². The van der Waals surface area contributed by atoms with Crippen LogP contribution in [0.15, 0.2) is 18.3 Å². The molecule has 0 radical (unpaired) electrons. The molecule has 158 valence electrons. The van der Waals surface area contributed by atoms with E-state index in [0.717, 1.165) is 50.8 Å². The molecule has 4 bridgehead atoms. The number of piperazine rings is 1. The Morgan fingerprint density at radius 2 is 1.87 bits per heavy atom. The molecule has 6 heterocycles. The van der Waals surface area contributed by atoms with Gasteiger partial charge in [-0.25, -0.2) is 9.97 Å². The number of fused-ring (bicyclic) bond motifs is 3. The predicted molar refractivity (Wildman–Crippen MR) is 106 cm³/mol. The van der Waals surface area contributed by atoms with Gasteiger partial charge in [-0.2, -0.15) is 18.2 Å². The molecular weight excluding hydrogens is 395 g/mol. The standard InChI is InChI=1S/C20H22F3N7/c21-20(22,23)15-3-11(6-26-18(15)24)16-5-17(29-9-12-4-14(29)7-25-12)28-19(27-16)30-8-10-1-13(30)2-10/h3,5-6,10,12-14,25H,1-2,4,7-9H2,(H2,24,26). The first-order valence-electron chi connectivity index (χ1n) is 10.3. The first-order valence-corrected chi connectivity index (χ1v) is 10.3. The summed E-state index contributed by atoms with van der Waals surface area (Å²) in [4.78, 5) is 17.8. The lowest BCUT2D eigenvalue weighted by molar-refractivity contribution is -0.137. The fraction of sp³-hybridized carbons (Fsp3) is 0.550. The molecule has 1 aliphatic carbocycles. The van der Waals surface area contributed by atoms with Crippen LogP contribution in [-0.2, 0) is 6.18 Å². The summed E-state index contributed by atoms with van der Waals surface area (Å²) in [7, 11) is 0. The Hall–Kier alpha value is -2.62. The third-order valence-corrected chi connectivity index (χ3v) is 6.93. The number of nitrogen functional groups attached to an aromatic ring is 1. The van der Waals surface area contributed by atoms with Crippen LogP contribution in [0.25, 0.3) is 11.3 Å². The molecule has 0 amide bonds. The molecule has 10 heteroatoms. The van der Waals surface area contributed by atoms with Gasteiger partial charge >= 0.3 is 6.18 Å². The van der Waals surface area contributed by atoms with Crippen LogP contribution in [0.2, 0.25) is 0 Å². The molecule has 0 spiro atoms. The summed E-state index contributed by atoms with van der Waals surface area (Å²) < 4.78 is 40.1. The average Bonchev–Trinajstić information content (AvgIpc) is 3.46. The fourth-order valence-electron chi connectivity index (χ4n) is 5.31. The van der Waals surface area contributed by atoms with Crippen LogP contribution < -0.4 is 20.9 Å². The molecule has 7 nitrogen and oxygen atoms in total. The first kappa shape index (κ1) is 18.2. The maximum Gasteiger partial charge on any atom is 0.419 e. The molecule has 7 rings (SSSR count). The highest BCUT2D eigenvalue weighted by Gasteiger charge is 2.45. The van der Waals surface area contributed by atoms with Crippen LogP contribution in [-0.4, -0.2) is 52.7 Å². The van der Waals surface area contributed by atoms with Crippen LogP contribution in [0.3, 0.4) is 0 Å². The van der Waals surface area contributed by atoms with Crippen molar-refractivity contribution in [1.29, 1.82) is 0 Å². The number of nitrogens with one attached hydrogen (secondary N) is 1. The number of hydrogen-bond acceptors (Lipinski definition) is 7. The van der Waals surface area contributed by atoms with E-state index in [1.54, 1.807) is 6.07 Å². The molecule has 4 aliphatic heterocycles. The Morgan fingerprint density at radius 3 is 2.50 bits per heavy atom. The van der Waals surface area contributed by atoms with E-state index in [0.29, 0.717) is 41.2 Å². The Labute approximate surface area is 171 Å². The van der Waals surface area contributed by atoms with Crippen molar-refractivity contribution in [2.75, 3.05) is 35.2 Å². The van der Waals surface area contributed by atoms with Gasteiger partial charge in [0.05, 0.1) is 11.3 Å². The normalized spacial score (nSPS) is 29.6. The van der Waals surface area contributed by atoms with Gasteiger partial charge in [-0.1, -0.05) is 0 Å². The molecule has 2 aromatic heterocycles. The molecule has 3 N–H and O–H groups in total. The summed E-state index contributed by atoms with van der Waals surface area (Å²) in [5, 5.41) is 3.47. The Morgan fingerprint density at radius 1 is 1.03 bits per heavy atom. The maximum atomic E-state index is 13.4. The molecule has 5 aliphatic rings. The van der Waals surface area contributed by atoms with Gasteiger partial charge in [0.25, 0.3) is 0 Å². The number of anilines is 3. The van der Waals surface area contributed by atoms with E-state index >= 15 is 0 Å². The van der Waals surface area contributed by atoms with Crippen LogP contribution in [0, 0.1) is 5.92 Å². The molecule has 0 aromatic carbocycles. The highest BCUT2D eigenvalue weighted by molar-refractivity contribution is 5.67. The molecule has 4 saturated heterocycles. The maximum absolute atomic E-state index is 13.4. The van der Waals surface area contributed by atoms with E-state index in [1.165, 1.54) is 6.20 Å². The van der Waals surface area contributed by atoms with Crippen LogP contribution in [0.4, 0.5) is 30.8 Å². The van der Waals surface area contributed by atoms with Gasteiger partial charge < -0.3 is 20.9 Å². The molecule has 30 heavy (non-hydrogen) atoms. The monoisotopic (exact) mass is 417 g/mol. The first-order chi connectivity index (χ1) is 14.3. The lowest BCUT2D eigenvalue weighted by Gasteiger charge is -2.30. The predicted octanol–water partition coefficient (Wildman–Crippen LogP) is 2.29. The molecular formula is C20H22F3N7. The minimum absolute atomic E-state index is 0.301. The number of rotatable bonds is 3. The summed E-state index contributed by atoms with van der Waals surface area (Å²) in [5.41, 5.74) is 5.31.